The summed E-state index contributed by atoms with van der Waals surface area (Å²) in [6.45, 7) is 4.63. The number of oxime groups is 1. The first kappa shape index (κ1) is 18.3. The number of nitrogens with zero attached hydrogens (tertiary/aromatic N) is 3. The van der Waals surface area contributed by atoms with E-state index >= 15 is 0 Å². The normalized spacial score (nSPS) is 23.1. The minimum absolute atomic E-state index is 0.0143. The van der Waals surface area contributed by atoms with E-state index in [2.05, 4.69) is 33.2 Å². The fraction of sp³-hybridized carbons (Fsp3) is 0.619. The van der Waals surface area contributed by atoms with E-state index < -0.39 is 0 Å². The van der Waals surface area contributed by atoms with Crippen LogP contribution < -0.4 is 10.6 Å². The van der Waals surface area contributed by atoms with Crippen LogP contribution >= 0.6 is 0 Å². The van der Waals surface area contributed by atoms with E-state index in [4.69, 9.17) is 16.0 Å². The SMILES string of the molecule is N=C(c1ccc(C2=NOC(CN)C2)c(N2CCCCCC2)c1)N1CCCC1. The van der Waals surface area contributed by atoms with Crippen molar-refractivity contribution in [2.45, 2.75) is 51.0 Å². The Kier molecular flexibility index (Phi) is 5.62. The van der Waals surface area contributed by atoms with Crippen LogP contribution in [0.3, 0.4) is 0 Å². The van der Waals surface area contributed by atoms with E-state index in [1.807, 2.05) is 0 Å². The number of rotatable bonds is 4. The van der Waals surface area contributed by atoms with Gasteiger partial charge in [-0.1, -0.05) is 30.1 Å². The molecule has 3 aliphatic heterocycles. The number of nitrogens with two attached hydrogens (primary N) is 1. The van der Waals surface area contributed by atoms with Gasteiger partial charge in [0, 0.05) is 56.0 Å². The molecule has 0 spiro atoms. The van der Waals surface area contributed by atoms with Gasteiger partial charge in [0.05, 0.1) is 5.71 Å². The van der Waals surface area contributed by atoms with Gasteiger partial charge in [-0.3, -0.25) is 5.41 Å². The van der Waals surface area contributed by atoms with Crippen LogP contribution in [0.1, 0.15) is 56.1 Å². The van der Waals surface area contributed by atoms with Gasteiger partial charge in [-0.2, -0.15) is 0 Å². The molecule has 1 atom stereocenters. The van der Waals surface area contributed by atoms with Gasteiger partial charge in [-0.15, -0.1) is 0 Å². The van der Waals surface area contributed by atoms with Crippen LogP contribution in [0.25, 0.3) is 0 Å². The third-order valence-corrected chi connectivity index (χ3v) is 5.95. The van der Waals surface area contributed by atoms with Crippen molar-refractivity contribution in [3.8, 4) is 0 Å². The molecule has 6 nitrogen and oxygen atoms in total. The summed E-state index contributed by atoms with van der Waals surface area (Å²) in [6, 6.07) is 6.43. The molecule has 1 aromatic carbocycles. The van der Waals surface area contributed by atoms with Crippen LogP contribution in [-0.4, -0.2) is 55.3 Å². The maximum Gasteiger partial charge on any atom is 0.145 e. The average Bonchev–Trinajstić information content (AvgIpc) is 3.34. The molecule has 0 aliphatic carbocycles. The predicted molar refractivity (Wildman–Crippen MR) is 110 cm³/mol. The minimum Gasteiger partial charge on any atom is -0.390 e. The molecule has 3 N–H and O–H groups in total. The van der Waals surface area contributed by atoms with Gasteiger partial charge in [0.1, 0.15) is 11.9 Å². The van der Waals surface area contributed by atoms with Gasteiger partial charge >= 0.3 is 0 Å². The van der Waals surface area contributed by atoms with Gasteiger partial charge in [-0.05, 0) is 31.7 Å². The summed E-state index contributed by atoms with van der Waals surface area (Å²) in [6.07, 6.45) is 8.17. The molecule has 1 unspecified atom stereocenters. The number of hydrogen-bond donors (Lipinski definition) is 2. The Morgan fingerprint density at radius 2 is 1.78 bits per heavy atom. The number of amidine groups is 1. The molecule has 0 saturated carbocycles. The highest BCUT2D eigenvalue weighted by molar-refractivity contribution is 6.07. The molecular weight excluding hydrogens is 338 g/mol. The van der Waals surface area contributed by atoms with E-state index in [0.717, 1.165) is 49.4 Å². The topological polar surface area (TPSA) is 77.9 Å². The molecule has 6 heteroatoms. The summed E-state index contributed by atoms with van der Waals surface area (Å²) in [5.41, 5.74) is 10.1. The largest absolute Gasteiger partial charge is 0.390 e. The molecule has 2 fully saturated rings. The standard InChI is InChI=1S/C21H31N5O/c22-15-17-14-19(24-27-17)18-8-7-16(21(23)26-11-5-6-12-26)13-20(18)25-9-3-1-2-4-10-25/h7-8,13,17,23H,1-6,9-12,14-15,22H2. The van der Waals surface area contributed by atoms with E-state index in [-0.39, 0.29) is 6.10 Å². The second-order valence-electron chi connectivity index (χ2n) is 7.88. The summed E-state index contributed by atoms with van der Waals surface area (Å²) >= 11 is 0. The molecule has 27 heavy (non-hydrogen) atoms. The molecule has 2 saturated heterocycles. The lowest BCUT2D eigenvalue weighted by molar-refractivity contribution is 0.0918. The summed E-state index contributed by atoms with van der Waals surface area (Å²) in [5.74, 6) is 0.652. The van der Waals surface area contributed by atoms with Gasteiger partial charge < -0.3 is 20.4 Å². The average molecular weight is 370 g/mol. The van der Waals surface area contributed by atoms with E-state index in [9.17, 15) is 0 Å². The first-order chi connectivity index (χ1) is 13.3. The van der Waals surface area contributed by atoms with Crippen LogP contribution in [0, 0.1) is 5.41 Å². The molecule has 3 heterocycles. The van der Waals surface area contributed by atoms with Crippen molar-refractivity contribution in [3.05, 3.63) is 29.3 Å². The smallest absolute Gasteiger partial charge is 0.145 e. The van der Waals surface area contributed by atoms with Crippen molar-refractivity contribution in [1.29, 1.82) is 5.41 Å². The van der Waals surface area contributed by atoms with Crippen molar-refractivity contribution < 1.29 is 4.84 Å². The number of benzene rings is 1. The van der Waals surface area contributed by atoms with Crippen LogP contribution in [0.15, 0.2) is 23.4 Å². The summed E-state index contributed by atoms with van der Waals surface area (Å²) in [4.78, 5) is 10.2. The van der Waals surface area contributed by atoms with Gasteiger partial charge in [0.2, 0.25) is 0 Å². The molecule has 0 amide bonds. The second kappa shape index (κ2) is 8.30. The fourth-order valence-corrected chi connectivity index (χ4v) is 4.33. The molecule has 0 aromatic heterocycles. The van der Waals surface area contributed by atoms with Crippen LogP contribution in [0.2, 0.25) is 0 Å². The lowest BCUT2D eigenvalue weighted by Crippen LogP contribution is -2.29. The molecule has 3 aliphatic rings. The second-order valence-corrected chi connectivity index (χ2v) is 7.88. The van der Waals surface area contributed by atoms with E-state index in [1.54, 1.807) is 0 Å². The van der Waals surface area contributed by atoms with Gasteiger partial charge in [0.15, 0.2) is 0 Å². The maximum absolute atomic E-state index is 8.66. The van der Waals surface area contributed by atoms with E-state index in [0.29, 0.717) is 12.4 Å². The first-order valence-corrected chi connectivity index (χ1v) is 10.4. The lowest BCUT2D eigenvalue weighted by atomic mass is 9.99. The number of hydrogen-bond acceptors (Lipinski definition) is 5. The number of anilines is 1. The van der Waals surface area contributed by atoms with Crippen molar-refractivity contribution in [2.24, 2.45) is 10.9 Å². The fourth-order valence-electron chi connectivity index (χ4n) is 4.33. The monoisotopic (exact) mass is 369 g/mol. The van der Waals surface area contributed by atoms with Gasteiger partial charge in [-0.25, -0.2) is 0 Å². The molecule has 4 rings (SSSR count). The van der Waals surface area contributed by atoms with Crippen molar-refractivity contribution in [3.63, 3.8) is 0 Å². The van der Waals surface area contributed by atoms with Crippen molar-refractivity contribution in [2.75, 3.05) is 37.6 Å². The Morgan fingerprint density at radius 1 is 1.07 bits per heavy atom. The minimum atomic E-state index is -0.0143. The van der Waals surface area contributed by atoms with Crippen LogP contribution in [-0.2, 0) is 4.84 Å². The summed E-state index contributed by atoms with van der Waals surface area (Å²) in [7, 11) is 0. The quantitative estimate of drug-likeness (QED) is 0.632. The molecule has 146 valence electrons. The zero-order valence-corrected chi connectivity index (χ0v) is 16.1. The highest BCUT2D eigenvalue weighted by Crippen LogP contribution is 2.30. The Labute approximate surface area is 161 Å². The Bertz CT molecular complexity index is 703. The Morgan fingerprint density at radius 3 is 2.44 bits per heavy atom. The molecule has 1 aromatic rings. The number of likely N-dealkylation sites (tertiary alicyclic amines) is 1. The lowest BCUT2D eigenvalue weighted by Gasteiger charge is -2.27. The molecular formula is C21H31N5O. The van der Waals surface area contributed by atoms with Gasteiger partial charge in [0.25, 0.3) is 0 Å². The maximum atomic E-state index is 8.66. The Hall–Kier alpha value is -2.08. The van der Waals surface area contributed by atoms with Crippen molar-refractivity contribution in [1.82, 2.24) is 4.90 Å². The highest BCUT2D eigenvalue weighted by Gasteiger charge is 2.26. The van der Waals surface area contributed by atoms with Crippen molar-refractivity contribution >= 4 is 17.2 Å². The van der Waals surface area contributed by atoms with E-state index in [1.165, 1.54) is 44.2 Å². The van der Waals surface area contributed by atoms with Crippen LogP contribution in [0.4, 0.5) is 5.69 Å². The predicted octanol–water partition coefficient (Wildman–Crippen LogP) is 2.94. The zero-order chi connectivity index (χ0) is 18.6. The third-order valence-electron chi connectivity index (χ3n) is 5.95. The summed E-state index contributed by atoms with van der Waals surface area (Å²) < 4.78 is 0. The zero-order valence-electron chi connectivity index (χ0n) is 16.1. The highest BCUT2D eigenvalue weighted by atomic mass is 16.6. The van der Waals surface area contributed by atoms with Crippen LogP contribution in [0.5, 0.6) is 0 Å². The third kappa shape index (κ3) is 3.95. The Balaban J connectivity index is 1.66. The first-order valence-electron chi connectivity index (χ1n) is 10.4. The summed E-state index contributed by atoms with van der Waals surface area (Å²) in [5, 5.41) is 13.0. The number of nitrogens with one attached hydrogen (secondary N) is 1. The molecule has 0 bridgehead atoms. The molecule has 0 radical (unpaired) electrons.